The number of methoxy groups -OCH3 is 2. The molecule has 0 radical (unpaired) electrons. The number of aliphatic hydroxyl groups excluding tert-OH is 1. The maximum Gasteiger partial charge on any atom is 0.300 e. The predicted molar refractivity (Wildman–Crippen MR) is 123 cm³/mol. The number of hydrogen-bond acceptors (Lipinski definition) is 6. The van der Waals surface area contributed by atoms with Crippen LogP contribution in [-0.4, -0.2) is 36.0 Å². The smallest absolute Gasteiger partial charge is 0.300 e. The fourth-order valence-electron chi connectivity index (χ4n) is 3.72. The van der Waals surface area contributed by atoms with Crippen molar-refractivity contribution in [3.05, 3.63) is 88.2 Å². The van der Waals surface area contributed by atoms with Crippen LogP contribution in [0.1, 0.15) is 17.2 Å². The number of ether oxygens (including phenoxy) is 2. The van der Waals surface area contributed by atoms with Gasteiger partial charge in [-0.15, -0.1) is 0 Å². The van der Waals surface area contributed by atoms with Gasteiger partial charge < -0.3 is 14.6 Å². The number of pyridine rings is 1. The van der Waals surface area contributed by atoms with Gasteiger partial charge in [0.1, 0.15) is 5.76 Å². The van der Waals surface area contributed by atoms with Crippen molar-refractivity contribution >= 4 is 39.1 Å². The fourth-order valence-corrected chi connectivity index (χ4v) is 4.11. The summed E-state index contributed by atoms with van der Waals surface area (Å²) in [5.41, 5.74) is 1.47. The Kier molecular flexibility index (Phi) is 5.96. The van der Waals surface area contributed by atoms with E-state index in [-0.39, 0.29) is 11.3 Å². The van der Waals surface area contributed by atoms with Crippen molar-refractivity contribution in [3.63, 3.8) is 0 Å². The molecule has 3 aromatic rings. The van der Waals surface area contributed by atoms with Crippen LogP contribution in [-0.2, 0) is 9.59 Å². The number of benzene rings is 2. The average molecular weight is 495 g/mol. The summed E-state index contributed by atoms with van der Waals surface area (Å²) in [6, 6.07) is 14.5. The molecule has 2 heterocycles. The van der Waals surface area contributed by atoms with Crippen LogP contribution in [0.15, 0.2) is 77.0 Å². The van der Waals surface area contributed by atoms with E-state index in [9.17, 15) is 14.7 Å². The van der Waals surface area contributed by atoms with E-state index in [1.54, 1.807) is 60.9 Å². The third-order valence-corrected chi connectivity index (χ3v) is 5.70. The molecular weight excluding hydrogens is 476 g/mol. The highest BCUT2D eigenvalue weighted by atomic mass is 79.9. The van der Waals surface area contributed by atoms with Crippen molar-refractivity contribution in [1.82, 2.24) is 4.98 Å². The maximum atomic E-state index is 13.2. The van der Waals surface area contributed by atoms with Gasteiger partial charge in [-0.05, 0) is 54.1 Å². The molecule has 4 rings (SSSR count). The number of amides is 1. The lowest BCUT2D eigenvalue weighted by atomic mass is 9.95. The van der Waals surface area contributed by atoms with Crippen LogP contribution >= 0.6 is 15.9 Å². The van der Waals surface area contributed by atoms with Crippen molar-refractivity contribution < 1.29 is 24.2 Å². The second-order valence-electron chi connectivity index (χ2n) is 7.00. The van der Waals surface area contributed by atoms with E-state index in [1.807, 2.05) is 6.07 Å². The molecule has 1 unspecified atom stereocenters. The number of Topliss-reactive ketones (excluding diaryl/α,β-unsaturated/α-hetero) is 1. The zero-order valence-corrected chi connectivity index (χ0v) is 18.9. The van der Waals surface area contributed by atoms with Crippen LogP contribution in [0.25, 0.3) is 5.76 Å². The first-order valence-electron chi connectivity index (χ1n) is 9.65. The van der Waals surface area contributed by atoms with Gasteiger partial charge in [-0.3, -0.25) is 19.5 Å². The Morgan fingerprint density at radius 2 is 1.72 bits per heavy atom. The minimum absolute atomic E-state index is 0.0200. The largest absolute Gasteiger partial charge is 0.507 e. The highest BCUT2D eigenvalue weighted by Crippen LogP contribution is 2.43. The van der Waals surface area contributed by atoms with Gasteiger partial charge in [0, 0.05) is 28.1 Å². The molecule has 8 heteroatoms. The van der Waals surface area contributed by atoms with Crippen molar-refractivity contribution in [2.75, 3.05) is 19.1 Å². The van der Waals surface area contributed by atoms with Gasteiger partial charge in [0.05, 0.1) is 25.8 Å². The van der Waals surface area contributed by atoms with Gasteiger partial charge in [0.15, 0.2) is 11.5 Å². The van der Waals surface area contributed by atoms with Gasteiger partial charge in [0.2, 0.25) is 0 Å². The summed E-state index contributed by atoms with van der Waals surface area (Å²) in [7, 11) is 2.98. The number of hydrogen-bond donors (Lipinski definition) is 1. The molecule has 1 saturated heterocycles. The predicted octanol–water partition coefficient (Wildman–Crippen LogP) is 4.49. The number of rotatable bonds is 5. The van der Waals surface area contributed by atoms with E-state index in [2.05, 4.69) is 20.9 Å². The van der Waals surface area contributed by atoms with Crippen molar-refractivity contribution in [2.45, 2.75) is 6.04 Å². The van der Waals surface area contributed by atoms with Gasteiger partial charge in [0.25, 0.3) is 11.7 Å². The van der Waals surface area contributed by atoms with Crippen LogP contribution in [0.5, 0.6) is 11.5 Å². The summed E-state index contributed by atoms with van der Waals surface area (Å²) in [6.45, 7) is 0. The lowest BCUT2D eigenvalue weighted by Gasteiger charge is -2.25. The molecule has 32 heavy (non-hydrogen) atoms. The molecule has 1 atom stereocenters. The topological polar surface area (TPSA) is 89.0 Å². The first-order valence-corrected chi connectivity index (χ1v) is 10.4. The van der Waals surface area contributed by atoms with E-state index in [1.165, 1.54) is 19.1 Å². The molecule has 1 aliphatic heterocycles. The number of carbonyl (C=O) groups excluding carboxylic acids is 2. The number of aliphatic hydroxyl groups is 1. The van der Waals surface area contributed by atoms with Crippen LogP contribution in [0.2, 0.25) is 0 Å². The molecule has 0 aliphatic carbocycles. The molecule has 7 nitrogen and oxygen atoms in total. The Bertz CT molecular complexity index is 1230. The standard InChI is InChI=1S/C24H19BrN2O5/c1-31-18-7-6-15(12-19(18)32-2)22(28)20-21(14-8-10-26-11-9-14)27(24(30)23(20)29)17-5-3-4-16(25)13-17/h3-13,21,28H,1-2H3/b22-20+. The Morgan fingerprint density at radius 1 is 1.00 bits per heavy atom. The lowest BCUT2D eigenvalue weighted by molar-refractivity contribution is -0.132. The second kappa shape index (κ2) is 8.84. The van der Waals surface area contributed by atoms with Gasteiger partial charge in [-0.25, -0.2) is 0 Å². The summed E-state index contributed by atoms with van der Waals surface area (Å²) in [6.07, 6.45) is 3.15. The van der Waals surface area contributed by atoms with E-state index >= 15 is 0 Å². The van der Waals surface area contributed by atoms with E-state index in [0.717, 1.165) is 4.47 Å². The van der Waals surface area contributed by atoms with Crippen LogP contribution in [0.3, 0.4) is 0 Å². The molecule has 162 valence electrons. The second-order valence-corrected chi connectivity index (χ2v) is 7.91. The lowest BCUT2D eigenvalue weighted by Crippen LogP contribution is -2.29. The highest BCUT2D eigenvalue weighted by molar-refractivity contribution is 9.10. The molecule has 0 saturated carbocycles. The SMILES string of the molecule is COc1ccc(/C(O)=C2\C(=O)C(=O)N(c3cccc(Br)c3)C2c2ccncc2)cc1OC. The molecule has 0 spiro atoms. The Labute approximate surface area is 193 Å². The molecule has 2 aromatic carbocycles. The molecule has 1 amide bonds. The average Bonchev–Trinajstić information content (AvgIpc) is 3.09. The first kappa shape index (κ1) is 21.6. The van der Waals surface area contributed by atoms with Gasteiger partial charge in [-0.1, -0.05) is 22.0 Å². The van der Waals surface area contributed by atoms with E-state index < -0.39 is 17.7 Å². The van der Waals surface area contributed by atoms with Crippen LogP contribution in [0.4, 0.5) is 5.69 Å². The third kappa shape index (κ3) is 3.73. The van der Waals surface area contributed by atoms with E-state index in [0.29, 0.717) is 28.3 Å². The summed E-state index contributed by atoms with van der Waals surface area (Å²) >= 11 is 3.41. The third-order valence-electron chi connectivity index (χ3n) is 5.21. The maximum absolute atomic E-state index is 13.2. The molecule has 0 bridgehead atoms. The monoisotopic (exact) mass is 494 g/mol. The zero-order chi connectivity index (χ0) is 22.8. The minimum atomic E-state index is -0.833. The number of nitrogens with zero attached hydrogens (tertiary/aromatic N) is 2. The fraction of sp³-hybridized carbons (Fsp3) is 0.125. The zero-order valence-electron chi connectivity index (χ0n) is 17.3. The Morgan fingerprint density at radius 3 is 2.38 bits per heavy atom. The Balaban J connectivity index is 1.93. The quantitative estimate of drug-likeness (QED) is 0.319. The molecule has 1 fully saturated rings. The summed E-state index contributed by atoms with van der Waals surface area (Å²) in [5, 5.41) is 11.2. The highest BCUT2D eigenvalue weighted by Gasteiger charge is 2.47. The number of ketones is 1. The normalized spacial score (nSPS) is 17.5. The molecule has 1 aliphatic rings. The number of halogens is 1. The van der Waals surface area contributed by atoms with Crippen molar-refractivity contribution in [2.24, 2.45) is 0 Å². The molecule has 1 N–H and O–H groups in total. The van der Waals surface area contributed by atoms with Gasteiger partial charge >= 0.3 is 0 Å². The van der Waals surface area contributed by atoms with Crippen molar-refractivity contribution in [1.29, 1.82) is 0 Å². The van der Waals surface area contributed by atoms with Crippen molar-refractivity contribution in [3.8, 4) is 11.5 Å². The van der Waals surface area contributed by atoms with E-state index in [4.69, 9.17) is 9.47 Å². The van der Waals surface area contributed by atoms with Gasteiger partial charge in [-0.2, -0.15) is 0 Å². The number of aromatic nitrogens is 1. The first-order chi connectivity index (χ1) is 15.5. The minimum Gasteiger partial charge on any atom is -0.507 e. The summed E-state index contributed by atoms with van der Waals surface area (Å²) < 4.78 is 11.3. The van der Waals surface area contributed by atoms with Crippen LogP contribution in [0, 0.1) is 0 Å². The number of anilines is 1. The molecule has 1 aromatic heterocycles. The summed E-state index contributed by atoms with van der Waals surface area (Å²) in [4.78, 5) is 31.7. The number of carbonyl (C=O) groups is 2. The molecular formula is C24H19BrN2O5. The Hall–Kier alpha value is -3.65. The summed E-state index contributed by atoms with van der Waals surface area (Å²) in [5.74, 6) is -0.947. The van der Waals surface area contributed by atoms with Crippen LogP contribution < -0.4 is 14.4 Å².